The average Bonchev–Trinajstić information content (AvgIpc) is 2.98. The molecule has 0 aromatic rings. The Bertz CT molecular complexity index is 1120. The first-order chi connectivity index (χ1) is 22.0. The number of carbonyl (C=O) groups is 3. The van der Waals surface area contributed by atoms with Crippen molar-refractivity contribution in [3.63, 3.8) is 0 Å². The summed E-state index contributed by atoms with van der Waals surface area (Å²) < 4.78 is 21.7. The molecule has 256 valence electrons. The summed E-state index contributed by atoms with van der Waals surface area (Å²) in [6, 6.07) is 0. The Labute approximate surface area is 268 Å². The van der Waals surface area contributed by atoms with Gasteiger partial charge >= 0.3 is 17.9 Å². The molecular weight excluding hydrogens is 604 g/mol. The standard InChI is InChI=1S/C33H46O13/c1-22-13-7-3-2-4-8-14-23(34)19-24(35)15-9-5-10-16-25(17-11-6-12-18-28(38)44-22)45-33-32(42)31(41)30(40)26(46-33)21-43-29(39)20-27(36)37/h2,4-6,8-12,14,16,18,22-26,30-35,40-42H,3,7,13,15,17,19-21H2,1H3,(H,36,37)/t22-,23+,24+,25-,26-,30-,31+,32-,33-/m1/s1. The molecule has 1 saturated heterocycles. The molecule has 0 radical (unpaired) electrons. The quantitative estimate of drug-likeness (QED) is 0.178. The van der Waals surface area contributed by atoms with Gasteiger partial charge in [0.1, 0.15) is 37.4 Å². The van der Waals surface area contributed by atoms with E-state index in [1.807, 2.05) is 19.1 Å². The van der Waals surface area contributed by atoms with Crippen LogP contribution < -0.4 is 0 Å². The van der Waals surface area contributed by atoms with Gasteiger partial charge < -0.3 is 49.6 Å². The fourth-order valence-electron chi connectivity index (χ4n) is 4.44. The van der Waals surface area contributed by atoms with Gasteiger partial charge in [-0.15, -0.1) is 0 Å². The predicted octanol–water partition coefficient (Wildman–Crippen LogP) is 1.54. The highest BCUT2D eigenvalue weighted by molar-refractivity contribution is 5.90. The van der Waals surface area contributed by atoms with Crippen LogP contribution >= 0.6 is 0 Å². The third-order valence-electron chi connectivity index (χ3n) is 6.90. The summed E-state index contributed by atoms with van der Waals surface area (Å²) in [6.45, 7) is 1.21. The van der Waals surface area contributed by atoms with Crippen LogP contribution in [-0.4, -0.2) is 110 Å². The number of carboxylic acids is 1. The molecule has 46 heavy (non-hydrogen) atoms. The van der Waals surface area contributed by atoms with Gasteiger partial charge in [-0.2, -0.15) is 0 Å². The van der Waals surface area contributed by atoms with Crippen molar-refractivity contribution < 1.29 is 64.0 Å². The van der Waals surface area contributed by atoms with Crippen LogP contribution in [0, 0.1) is 0 Å². The van der Waals surface area contributed by atoms with Gasteiger partial charge in [-0.05, 0) is 39.0 Å². The topological polar surface area (TPSA) is 210 Å². The van der Waals surface area contributed by atoms with Crippen molar-refractivity contribution in [3.8, 4) is 0 Å². The molecule has 6 N–H and O–H groups in total. The van der Waals surface area contributed by atoms with E-state index in [0.29, 0.717) is 6.42 Å². The summed E-state index contributed by atoms with van der Waals surface area (Å²) in [5.41, 5.74) is 0. The van der Waals surface area contributed by atoms with E-state index in [4.69, 9.17) is 24.1 Å². The van der Waals surface area contributed by atoms with Crippen LogP contribution in [0.25, 0.3) is 0 Å². The molecule has 2 aliphatic heterocycles. The number of esters is 2. The van der Waals surface area contributed by atoms with Crippen molar-refractivity contribution >= 4 is 17.9 Å². The van der Waals surface area contributed by atoms with E-state index in [1.165, 1.54) is 12.2 Å². The number of hydrogen-bond acceptors (Lipinski definition) is 12. The number of carbonyl (C=O) groups excluding carboxylic acids is 2. The van der Waals surface area contributed by atoms with E-state index in [2.05, 4.69) is 0 Å². The lowest BCUT2D eigenvalue weighted by molar-refractivity contribution is -0.307. The van der Waals surface area contributed by atoms with Crippen LogP contribution in [0.4, 0.5) is 0 Å². The summed E-state index contributed by atoms with van der Waals surface area (Å²) in [5, 5.41) is 60.4. The Hall–Kier alpha value is -3.43. The maximum atomic E-state index is 12.2. The van der Waals surface area contributed by atoms with Crippen LogP contribution in [0.15, 0.2) is 72.9 Å². The minimum Gasteiger partial charge on any atom is -0.481 e. The monoisotopic (exact) mass is 650 g/mol. The molecule has 0 amide bonds. The van der Waals surface area contributed by atoms with Crippen LogP contribution in [0.2, 0.25) is 0 Å². The highest BCUT2D eigenvalue weighted by Crippen LogP contribution is 2.24. The number of ether oxygens (including phenoxy) is 4. The molecule has 0 aromatic heterocycles. The molecule has 2 heterocycles. The molecule has 0 aromatic carbocycles. The summed E-state index contributed by atoms with van der Waals surface area (Å²) in [4.78, 5) is 34.5. The Morgan fingerprint density at radius 1 is 0.891 bits per heavy atom. The number of allylic oxidation sites excluding steroid dienone is 7. The molecule has 0 spiro atoms. The number of hydrogen-bond donors (Lipinski definition) is 6. The maximum Gasteiger partial charge on any atom is 0.331 e. The smallest absolute Gasteiger partial charge is 0.331 e. The summed E-state index contributed by atoms with van der Waals surface area (Å²) in [7, 11) is 0. The highest BCUT2D eigenvalue weighted by atomic mass is 16.7. The summed E-state index contributed by atoms with van der Waals surface area (Å²) in [6.07, 6.45) is 11.2. The molecule has 0 saturated carbocycles. The summed E-state index contributed by atoms with van der Waals surface area (Å²) in [5.74, 6) is -2.98. The number of aliphatic hydroxyl groups is 5. The molecule has 0 bridgehead atoms. The number of cyclic esters (lactones) is 1. The molecule has 0 aliphatic carbocycles. The van der Waals surface area contributed by atoms with E-state index in [0.717, 1.165) is 12.8 Å². The minimum atomic E-state index is -1.73. The summed E-state index contributed by atoms with van der Waals surface area (Å²) >= 11 is 0. The number of carboxylic acid groups (broad SMARTS) is 1. The number of aliphatic hydroxyl groups excluding tert-OH is 5. The van der Waals surface area contributed by atoms with Crippen LogP contribution in [0.1, 0.15) is 51.9 Å². The Kier molecular flexibility index (Phi) is 18.0. The number of rotatable bonds is 6. The largest absolute Gasteiger partial charge is 0.481 e. The zero-order valence-electron chi connectivity index (χ0n) is 25.8. The van der Waals surface area contributed by atoms with E-state index in [1.54, 1.807) is 48.6 Å². The van der Waals surface area contributed by atoms with Crippen LogP contribution in [-0.2, 0) is 33.3 Å². The second kappa shape index (κ2) is 21.4. The molecule has 2 aliphatic rings. The molecule has 0 unspecified atom stereocenters. The molecule has 13 nitrogen and oxygen atoms in total. The second-order valence-electron chi connectivity index (χ2n) is 11.0. The van der Waals surface area contributed by atoms with E-state index < -0.39 is 80.0 Å². The van der Waals surface area contributed by atoms with Crippen molar-refractivity contribution in [2.75, 3.05) is 6.61 Å². The van der Waals surface area contributed by atoms with Crippen molar-refractivity contribution in [3.05, 3.63) is 72.9 Å². The molecular formula is C33H46O13. The molecule has 2 rings (SSSR count). The lowest BCUT2D eigenvalue weighted by Gasteiger charge is -2.40. The lowest BCUT2D eigenvalue weighted by Crippen LogP contribution is -2.59. The normalized spacial score (nSPS) is 32.4. The first-order valence-electron chi connectivity index (χ1n) is 15.2. The molecule has 1 fully saturated rings. The van der Waals surface area contributed by atoms with Gasteiger partial charge in [0.15, 0.2) is 6.29 Å². The Morgan fingerprint density at radius 2 is 1.59 bits per heavy atom. The van der Waals surface area contributed by atoms with E-state index in [-0.39, 0.29) is 25.4 Å². The van der Waals surface area contributed by atoms with Gasteiger partial charge in [-0.3, -0.25) is 9.59 Å². The van der Waals surface area contributed by atoms with Crippen LogP contribution in [0.5, 0.6) is 0 Å². The van der Waals surface area contributed by atoms with Gasteiger partial charge in [0.05, 0.1) is 24.4 Å². The third-order valence-corrected chi connectivity index (χ3v) is 6.90. The predicted molar refractivity (Wildman–Crippen MR) is 165 cm³/mol. The van der Waals surface area contributed by atoms with E-state index >= 15 is 0 Å². The molecule has 9 atom stereocenters. The Balaban J connectivity index is 2.15. The minimum absolute atomic E-state index is 0.142. The van der Waals surface area contributed by atoms with Crippen LogP contribution in [0.3, 0.4) is 0 Å². The van der Waals surface area contributed by atoms with Crippen molar-refractivity contribution in [2.24, 2.45) is 0 Å². The van der Waals surface area contributed by atoms with Gasteiger partial charge in [0.25, 0.3) is 0 Å². The second-order valence-corrected chi connectivity index (χ2v) is 11.0. The number of aliphatic carboxylic acids is 1. The average molecular weight is 651 g/mol. The van der Waals surface area contributed by atoms with Crippen molar-refractivity contribution in [1.29, 1.82) is 0 Å². The third kappa shape index (κ3) is 15.7. The van der Waals surface area contributed by atoms with Crippen molar-refractivity contribution in [1.82, 2.24) is 0 Å². The lowest BCUT2D eigenvalue weighted by atomic mass is 9.99. The van der Waals surface area contributed by atoms with Gasteiger partial charge in [0, 0.05) is 12.5 Å². The zero-order chi connectivity index (χ0) is 33.9. The van der Waals surface area contributed by atoms with Gasteiger partial charge in [-0.1, -0.05) is 66.8 Å². The van der Waals surface area contributed by atoms with E-state index in [9.17, 15) is 39.9 Å². The first-order valence-corrected chi connectivity index (χ1v) is 15.2. The highest BCUT2D eigenvalue weighted by Gasteiger charge is 2.45. The van der Waals surface area contributed by atoms with Gasteiger partial charge in [-0.25, -0.2) is 4.79 Å². The zero-order valence-corrected chi connectivity index (χ0v) is 25.8. The van der Waals surface area contributed by atoms with Crippen molar-refractivity contribution in [2.45, 2.75) is 107 Å². The molecule has 13 heteroatoms. The Morgan fingerprint density at radius 3 is 2.35 bits per heavy atom. The fraction of sp³-hybridized carbons (Fsp3) is 0.545. The fourth-order valence-corrected chi connectivity index (χ4v) is 4.44. The maximum absolute atomic E-state index is 12.2. The van der Waals surface area contributed by atoms with Gasteiger partial charge in [0.2, 0.25) is 0 Å². The first kappa shape index (κ1) is 38.8. The SMILES string of the molecule is C[C@@H]1CCCC=CC=C[C@H](O)C[C@@H](O)CC=CC=C[C@@H](O[C@@H]2O[C@H](COC(=O)CC(=O)O)[C@@H](O)[C@H](O)[C@H]2O)CC=CC=CC(=O)O1.